The number of nitrogens with one attached hydrogen (secondary N) is 2. The molecule has 4 rings (SSSR count). The van der Waals surface area contributed by atoms with Gasteiger partial charge in [-0.05, 0) is 42.0 Å². The average Bonchev–Trinajstić information content (AvgIpc) is 3.21. The lowest BCUT2D eigenvalue weighted by Crippen LogP contribution is -2.15. The highest BCUT2D eigenvalue weighted by atomic mass is 32.2. The molecule has 0 spiro atoms. The van der Waals surface area contributed by atoms with Gasteiger partial charge in [0.15, 0.2) is 0 Å². The van der Waals surface area contributed by atoms with Gasteiger partial charge in [-0.15, -0.1) is 0 Å². The smallest absolute Gasteiger partial charge is 0.337 e. The number of sulfonamides is 1. The Balaban J connectivity index is 1.72. The van der Waals surface area contributed by atoms with Gasteiger partial charge in [0.05, 0.1) is 34.5 Å². The Morgan fingerprint density at radius 3 is 2.61 bits per heavy atom. The summed E-state index contributed by atoms with van der Waals surface area (Å²) in [6.45, 7) is 0. The highest BCUT2D eigenvalue weighted by Gasteiger charge is 2.20. The molecule has 2 N–H and O–H groups in total. The molecule has 0 bridgehead atoms. The van der Waals surface area contributed by atoms with E-state index in [9.17, 15) is 21.6 Å². The number of aromatic nitrogens is 2. The minimum Gasteiger partial charge on any atom is -0.465 e. The van der Waals surface area contributed by atoms with E-state index < -0.39 is 26.7 Å². The molecule has 9 nitrogen and oxygen atoms in total. The predicted molar refractivity (Wildman–Crippen MR) is 124 cm³/mol. The number of nitrogens with zero attached hydrogens (tertiary/aromatic N) is 1. The number of ether oxygens (including phenoxy) is 1. The topological polar surface area (TPSA) is 135 Å². The van der Waals surface area contributed by atoms with Crippen LogP contribution < -0.4 is 4.72 Å². The van der Waals surface area contributed by atoms with Gasteiger partial charge in [-0.25, -0.2) is 21.6 Å². The summed E-state index contributed by atoms with van der Waals surface area (Å²) in [5.74, 6) is -0.864. The molecular weight excluding hydrogens is 466 g/mol. The van der Waals surface area contributed by atoms with Gasteiger partial charge < -0.3 is 4.74 Å². The third-order valence-corrected chi connectivity index (χ3v) is 7.01. The standard InChI is InChI=1S/C22H19N3O6S2/c1-31-22(26)15-7-4-6-14(11-15)21-18-12-17(9-10-19(18)23-24-21)25-33(29,30)20-8-3-2-5-16(20)13-32(27)28/h2-12,25,32H,13H2,1H3,(H,23,24). The number of benzene rings is 3. The Labute approximate surface area is 191 Å². The summed E-state index contributed by atoms with van der Waals surface area (Å²) in [5, 5.41) is 7.84. The van der Waals surface area contributed by atoms with Crippen LogP contribution in [0.2, 0.25) is 0 Å². The van der Waals surface area contributed by atoms with Crippen molar-refractivity contribution in [2.24, 2.45) is 0 Å². The van der Waals surface area contributed by atoms with Crippen LogP contribution >= 0.6 is 0 Å². The molecule has 3 aromatic carbocycles. The number of hydrogen-bond acceptors (Lipinski definition) is 7. The number of thiol groups is 1. The Hall–Kier alpha value is -3.70. The molecule has 0 aliphatic carbocycles. The van der Waals surface area contributed by atoms with E-state index >= 15 is 0 Å². The van der Waals surface area contributed by atoms with Gasteiger partial charge in [0, 0.05) is 16.6 Å². The predicted octanol–water partition coefficient (Wildman–Crippen LogP) is 2.93. The summed E-state index contributed by atoms with van der Waals surface area (Å²) in [5.41, 5.74) is 2.66. The number of anilines is 1. The van der Waals surface area contributed by atoms with E-state index in [-0.39, 0.29) is 21.9 Å². The van der Waals surface area contributed by atoms with Crippen LogP contribution in [0.4, 0.5) is 5.69 Å². The Morgan fingerprint density at radius 2 is 1.85 bits per heavy atom. The molecule has 0 saturated heterocycles. The fourth-order valence-electron chi connectivity index (χ4n) is 3.45. The second kappa shape index (κ2) is 9.04. The Bertz CT molecular complexity index is 1530. The molecule has 1 aromatic heterocycles. The third kappa shape index (κ3) is 4.73. The molecule has 0 atom stereocenters. The van der Waals surface area contributed by atoms with Gasteiger partial charge in [-0.3, -0.25) is 9.82 Å². The lowest BCUT2D eigenvalue weighted by molar-refractivity contribution is 0.0600. The molecule has 4 aromatic rings. The number of hydrogen-bond donors (Lipinski definition) is 3. The molecule has 11 heteroatoms. The summed E-state index contributed by atoms with van der Waals surface area (Å²) in [4.78, 5) is 11.8. The number of rotatable bonds is 7. The summed E-state index contributed by atoms with van der Waals surface area (Å²) >= 11 is 0. The van der Waals surface area contributed by atoms with Crippen LogP contribution in [0.5, 0.6) is 0 Å². The van der Waals surface area contributed by atoms with Crippen LogP contribution in [0.15, 0.2) is 71.6 Å². The number of fused-ring (bicyclic) bond motifs is 1. The van der Waals surface area contributed by atoms with Crippen molar-refractivity contribution >= 4 is 43.3 Å². The highest BCUT2D eigenvalue weighted by Crippen LogP contribution is 2.30. The van der Waals surface area contributed by atoms with Gasteiger partial charge in [-0.2, -0.15) is 5.10 Å². The van der Waals surface area contributed by atoms with Crippen molar-refractivity contribution in [2.45, 2.75) is 10.6 Å². The lowest BCUT2D eigenvalue weighted by atomic mass is 10.0. The number of methoxy groups -OCH3 is 1. The van der Waals surface area contributed by atoms with E-state index in [2.05, 4.69) is 14.9 Å². The van der Waals surface area contributed by atoms with Crippen LogP contribution in [-0.2, 0) is 31.2 Å². The maximum atomic E-state index is 13.0. The second-order valence-electron chi connectivity index (χ2n) is 7.11. The number of H-pyrrole nitrogens is 1. The van der Waals surface area contributed by atoms with E-state index in [4.69, 9.17) is 4.74 Å². The fourth-order valence-corrected chi connectivity index (χ4v) is 5.41. The fraction of sp³-hybridized carbons (Fsp3) is 0.0909. The van der Waals surface area contributed by atoms with Crippen molar-refractivity contribution < 1.29 is 26.4 Å². The molecule has 0 radical (unpaired) electrons. The number of carbonyl (C=O) groups is 1. The summed E-state index contributed by atoms with van der Waals surface area (Å²) in [7, 11) is -5.55. The zero-order valence-electron chi connectivity index (χ0n) is 17.3. The van der Waals surface area contributed by atoms with Crippen molar-refractivity contribution in [3.8, 4) is 11.3 Å². The van der Waals surface area contributed by atoms with Crippen LogP contribution in [0, 0.1) is 0 Å². The van der Waals surface area contributed by atoms with Gasteiger partial charge >= 0.3 is 5.97 Å². The first-order valence-corrected chi connectivity index (χ1v) is 12.5. The van der Waals surface area contributed by atoms with E-state index in [0.29, 0.717) is 27.7 Å². The van der Waals surface area contributed by atoms with Crippen molar-refractivity contribution in [1.82, 2.24) is 10.2 Å². The van der Waals surface area contributed by atoms with Gasteiger partial charge in [0.2, 0.25) is 0 Å². The second-order valence-corrected chi connectivity index (χ2v) is 9.74. The molecule has 0 amide bonds. The van der Waals surface area contributed by atoms with E-state index in [1.54, 1.807) is 48.5 Å². The SMILES string of the molecule is COC(=O)c1cccc(-c2n[nH]c3ccc(NS(=O)(=O)c4ccccc4C[SH](=O)=O)cc23)c1. The van der Waals surface area contributed by atoms with Gasteiger partial charge in [0.25, 0.3) is 10.0 Å². The quantitative estimate of drug-likeness (QED) is 0.270. The maximum absolute atomic E-state index is 13.0. The normalized spacial score (nSPS) is 11.6. The van der Waals surface area contributed by atoms with E-state index in [1.807, 2.05) is 0 Å². The van der Waals surface area contributed by atoms with Crippen molar-refractivity contribution in [2.75, 3.05) is 11.8 Å². The largest absolute Gasteiger partial charge is 0.465 e. The molecule has 0 aliphatic rings. The molecule has 0 aliphatic heterocycles. The van der Waals surface area contributed by atoms with Gasteiger partial charge in [-0.1, -0.05) is 30.3 Å². The van der Waals surface area contributed by atoms with E-state index in [0.717, 1.165) is 0 Å². The third-order valence-electron chi connectivity index (χ3n) is 4.93. The number of carbonyl (C=O) groups excluding carboxylic acids is 1. The minimum absolute atomic E-state index is 0.109. The van der Waals surface area contributed by atoms with Gasteiger partial charge in [0.1, 0.15) is 10.7 Å². The molecule has 170 valence electrons. The summed E-state index contributed by atoms with van der Waals surface area (Å²) in [6.07, 6.45) is 0. The van der Waals surface area contributed by atoms with Crippen molar-refractivity contribution in [3.63, 3.8) is 0 Å². The van der Waals surface area contributed by atoms with Crippen molar-refractivity contribution in [1.29, 1.82) is 0 Å². The van der Waals surface area contributed by atoms with Crippen LogP contribution in [-0.4, -0.2) is 40.1 Å². The van der Waals surface area contributed by atoms with Crippen LogP contribution in [0.1, 0.15) is 15.9 Å². The first-order chi connectivity index (χ1) is 15.8. The molecule has 0 unspecified atom stereocenters. The monoisotopic (exact) mass is 485 g/mol. The molecule has 0 fully saturated rings. The zero-order valence-corrected chi connectivity index (χ0v) is 19.0. The maximum Gasteiger partial charge on any atom is 0.337 e. The van der Waals surface area contributed by atoms with Crippen LogP contribution in [0.3, 0.4) is 0 Å². The minimum atomic E-state index is -4.05. The number of aromatic amines is 1. The summed E-state index contributed by atoms with van der Waals surface area (Å²) < 4.78 is 55.6. The highest BCUT2D eigenvalue weighted by molar-refractivity contribution is 7.92. The Kier molecular flexibility index (Phi) is 6.16. The first-order valence-electron chi connectivity index (χ1n) is 9.68. The summed E-state index contributed by atoms with van der Waals surface area (Å²) in [6, 6.07) is 17.5. The van der Waals surface area contributed by atoms with E-state index in [1.165, 1.54) is 25.3 Å². The average molecular weight is 486 g/mol. The Morgan fingerprint density at radius 1 is 1.06 bits per heavy atom. The number of esters is 1. The lowest BCUT2D eigenvalue weighted by Gasteiger charge is -2.11. The van der Waals surface area contributed by atoms with Crippen molar-refractivity contribution in [3.05, 3.63) is 77.9 Å². The molecule has 0 saturated carbocycles. The molecule has 33 heavy (non-hydrogen) atoms. The molecular formula is C22H19N3O6S2. The molecule has 1 heterocycles. The first kappa shape index (κ1) is 22.5. The van der Waals surface area contributed by atoms with Crippen LogP contribution in [0.25, 0.3) is 22.2 Å². The zero-order chi connectivity index (χ0) is 23.6.